The third-order valence-electron chi connectivity index (χ3n) is 14.6. The molecule has 0 aliphatic heterocycles. The van der Waals surface area contributed by atoms with Crippen LogP contribution >= 0.6 is 0 Å². The second-order valence-corrected chi connectivity index (χ2v) is 18.1. The summed E-state index contributed by atoms with van der Waals surface area (Å²) in [7, 11) is 0. The molecule has 11 rings (SSSR count). The summed E-state index contributed by atoms with van der Waals surface area (Å²) < 4.78 is 71.4. The molecule has 0 saturated heterocycles. The molecule has 8 aliphatic carbocycles. The van der Waals surface area contributed by atoms with E-state index in [0.29, 0.717) is 11.1 Å². The first-order chi connectivity index (χ1) is 25.9. The highest BCUT2D eigenvalue weighted by atomic mass is 19.2. The normalized spacial score (nSPS) is 32.6. The summed E-state index contributed by atoms with van der Waals surface area (Å²) in [6.07, 6.45) is 14.7. The van der Waals surface area contributed by atoms with Crippen molar-refractivity contribution >= 4 is 11.8 Å². The van der Waals surface area contributed by atoms with Crippen molar-refractivity contribution in [1.29, 1.82) is 0 Å². The van der Waals surface area contributed by atoms with Gasteiger partial charge in [0.25, 0.3) is 11.8 Å². The van der Waals surface area contributed by atoms with E-state index in [4.69, 9.17) is 9.47 Å². The van der Waals surface area contributed by atoms with E-state index in [1.54, 1.807) is 0 Å². The number of hydrogen-bond acceptors (Lipinski definition) is 4. The van der Waals surface area contributed by atoms with Crippen LogP contribution in [0.5, 0.6) is 23.0 Å². The van der Waals surface area contributed by atoms with E-state index in [1.165, 1.54) is 87.1 Å². The van der Waals surface area contributed by atoms with Crippen molar-refractivity contribution in [1.82, 2.24) is 10.6 Å². The lowest BCUT2D eigenvalue weighted by molar-refractivity contribution is -0.0688. The lowest BCUT2D eigenvalue weighted by atomic mass is 9.48. The molecule has 54 heavy (non-hydrogen) atoms. The Morgan fingerprint density at radius 2 is 0.778 bits per heavy atom. The molecule has 2 atom stereocenters. The van der Waals surface area contributed by atoms with Crippen molar-refractivity contribution in [3.8, 4) is 23.0 Å². The Kier molecular flexibility index (Phi) is 8.77. The number of carbonyl (C=O) groups is 2. The SMILES string of the molecule is C[C@@H](NC(=O)c1ccc(Oc2c(F)c(F)c(Oc3ccc(C(=O)N[C@H](C)C45CC6CC(CC(C6)C4)C5)cc3)c(F)c2F)cc1)C12CC3CC(CC(C3)C1)C2. The molecule has 0 radical (unpaired) electrons. The van der Waals surface area contributed by atoms with Gasteiger partial charge in [0.1, 0.15) is 11.5 Å². The molecule has 8 fully saturated rings. The highest BCUT2D eigenvalue weighted by molar-refractivity contribution is 5.95. The molecule has 10 heteroatoms. The average molecular weight is 745 g/mol. The maximum atomic E-state index is 15.2. The summed E-state index contributed by atoms with van der Waals surface area (Å²) in [6, 6.07) is 11.1. The fraction of sp³-hybridized carbons (Fsp3) is 0.545. The van der Waals surface area contributed by atoms with Crippen LogP contribution in [0.4, 0.5) is 17.6 Å². The van der Waals surface area contributed by atoms with E-state index in [0.717, 1.165) is 74.0 Å². The predicted molar refractivity (Wildman–Crippen MR) is 194 cm³/mol. The quantitative estimate of drug-likeness (QED) is 0.160. The predicted octanol–water partition coefficient (Wildman–Crippen LogP) is 10.5. The van der Waals surface area contributed by atoms with Crippen molar-refractivity contribution in [3.63, 3.8) is 0 Å². The van der Waals surface area contributed by atoms with Crippen LogP contribution in [0.25, 0.3) is 0 Å². The standard InChI is InChI=1S/C44H48F4N2O4/c1-23(43-17-25-11-26(18-43)13-27(12-25)19-43)49-41(51)31-3-7-33(8-4-31)53-39-35(45)37(47)40(38(48)36(39)46)54-34-9-5-32(6-10-34)42(52)50-24(2)44-20-28-14-29(21-44)16-30(15-28)22-44/h3-10,23-30H,11-22H2,1-2H3,(H,49,51)(H,50,52)/t23-,24-,25?,26?,27?,28?,29?,30?,43?,44?/m1/s1. The maximum Gasteiger partial charge on any atom is 0.251 e. The molecule has 8 aliphatic rings. The molecule has 2 N–H and O–H groups in total. The van der Waals surface area contributed by atoms with Crippen molar-refractivity contribution in [2.24, 2.45) is 46.3 Å². The van der Waals surface area contributed by atoms with Gasteiger partial charge >= 0.3 is 0 Å². The third kappa shape index (κ3) is 6.25. The summed E-state index contributed by atoms with van der Waals surface area (Å²) in [6.45, 7) is 4.17. The minimum absolute atomic E-state index is 0.00583. The number of hydrogen-bond donors (Lipinski definition) is 2. The monoisotopic (exact) mass is 744 g/mol. The van der Waals surface area contributed by atoms with Crippen LogP contribution in [0.2, 0.25) is 0 Å². The number of amides is 2. The van der Waals surface area contributed by atoms with Crippen molar-refractivity contribution in [2.75, 3.05) is 0 Å². The minimum atomic E-state index is -1.77. The molecule has 0 unspecified atom stereocenters. The fourth-order valence-corrected chi connectivity index (χ4v) is 12.6. The van der Waals surface area contributed by atoms with E-state index in [-0.39, 0.29) is 46.2 Å². The second kappa shape index (κ2) is 13.3. The van der Waals surface area contributed by atoms with Gasteiger partial charge in [-0.25, -0.2) is 0 Å². The Morgan fingerprint density at radius 3 is 1.04 bits per heavy atom. The number of ether oxygens (including phenoxy) is 2. The first kappa shape index (κ1) is 35.6. The molecule has 3 aromatic rings. The van der Waals surface area contributed by atoms with Crippen molar-refractivity contribution in [3.05, 3.63) is 82.9 Å². The molecule has 0 aromatic heterocycles. The van der Waals surface area contributed by atoms with Gasteiger partial charge in [-0.15, -0.1) is 0 Å². The lowest BCUT2D eigenvalue weighted by Gasteiger charge is -2.59. The molecule has 286 valence electrons. The summed E-state index contributed by atoms with van der Waals surface area (Å²) in [5.74, 6) is -5.90. The Balaban J connectivity index is 0.831. The van der Waals surface area contributed by atoms with Crippen LogP contribution in [0, 0.1) is 69.6 Å². The van der Waals surface area contributed by atoms with Gasteiger partial charge in [-0.05, 0) is 186 Å². The molecule has 8 bridgehead atoms. The Bertz CT molecular complexity index is 1720. The zero-order valence-corrected chi connectivity index (χ0v) is 30.9. The van der Waals surface area contributed by atoms with Crippen LogP contribution in [0.1, 0.15) is 112 Å². The topological polar surface area (TPSA) is 76.7 Å². The van der Waals surface area contributed by atoms with Gasteiger partial charge in [0.05, 0.1) is 0 Å². The van der Waals surface area contributed by atoms with E-state index in [9.17, 15) is 9.59 Å². The second-order valence-electron chi connectivity index (χ2n) is 18.1. The number of carbonyl (C=O) groups excluding carboxylic acids is 2. The molecule has 2 amide bonds. The van der Waals surface area contributed by atoms with Crippen molar-refractivity contribution < 1.29 is 36.6 Å². The molecular formula is C44H48F4N2O4. The van der Waals surface area contributed by atoms with Crippen molar-refractivity contribution in [2.45, 2.75) is 103 Å². The maximum absolute atomic E-state index is 15.2. The first-order valence-electron chi connectivity index (χ1n) is 19.9. The highest BCUT2D eigenvalue weighted by Gasteiger charge is 2.54. The number of rotatable bonds is 10. The summed E-state index contributed by atoms with van der Waals surface area (Å²) >= 11 is 0. The van der Waals surface area contributed by atoms with Crippen LogP contribution < -0.4 is 20.1 Å². The van der Waals surface area contributed by atoms with E-state index in [2.05, 4.69) is 24.5 Å². The average Bonchev–Trinajstić information content (AvgIpc) is 3.13. The zero-order valence-electron chi connectivity index (χ0n) is 30.9. The summed E-state index contributed by atoms with van der Waals surface area (Å²) in [5.41, 5.74) is 0.917. The number of halogens is 4. The van der Waals surface area contributed by atoms with Crippen LogP contribution in [0.15, 0.2) is 48.5 Å². The smallest absolute Gasteiger partial charge is 0.251 e. The Hall–Kier alpha value is -4.08. The van der Waals surface area contributed by atoms with Gasteiger partial charge in [0.2, 0.25) is 34.8 Å². The largest absolute Gasteiger partial charge is 0.451 e. The molecule has 3 aromatic carbocycles. The van der Waals surface area contributed by atoms with Gasteiger partial charge < -0.3 is 20.1 Å². The van der Waals surface area contributed by atoms with E-state index in [1.807, 2.05) is 0 Å². The van der Waals surface area contributed by atoms with Crippen LogP contribution in [-0.4, -0.2) is 23.9 Å². The third-order valence-corrected chi connectivity index (χ3v) is 14.6. The molecule has 6 nitrogen and oxygen atoms in total. The highest BCUT2D eigenvalue weighted by Crippen LogP contribution is 2.62. The number of nitrogens with one attached hydrogen (secondary N) is 2. The van der Waals surface area contributed by atoms with Gasteiger partial charge in [-0.1, -0.05) is 0 Å². The summed E-state index contributed by atoms with van der Waals surface area (Å²) in [4.78, 5) is 26.4. The Labute approximate surface area is 313 Å². The van der Waals surface area contributed by atoms with E-state index >= 15 is 17.6 Å². The fourth-order valence-electron chi connectivity index (χ4n) is 12.6. The van der Waals surface area contributed by atoms with E-state index < -0.39 is 34.8 Å². The first-order valence-corrected chi connectivity index (χ1v) is 19.9. The summed E-state index contributed by atoms with van der Waals surface area (Å²) in [5, 5.41) is 6.37. The van der Waals surface area contributed by atoms with Gasteiger partial charge in [-0.2, -0.15) is 17.6 Å². The number of benzene rings is 3. The molecular weight excluding hydrogens is 696 g/mol. The zero-order chi connectivity index (χ0) is 37.5. The van der Waals surface area contributed by atoms with Gasteiger partial charge in [0, 0.05) is 23.2 Å². The van der Waals surface area contributed by atoms with Gasteiger partial charge in [-0.3, -0.25) is 9.59 Å². The lowest BCUT2D eigenvalue weighted by Crippen LogP contribution is -2.55. The van der Waals surface area contributed by atoms with Crippen LogP contribution in [-0.2, 0) is 0 Å². The Morgan fingerprint density at radius 1 is 0.519 bits per heavy atom. The molecule has 8 saturated carbocycles. The minimum Gasteiger partial charge on any atom is -0.451 e. The van der Waals surface area contributed by atoms with Gasteiger partial charge in [0.15, 0.2) is 0 Å². The molecule has 0 heterocycles. The molecule has 0 spiro atoms. The van der Waals surface area contributed by atoms with Crippen LogP contribution in [0.3, 0.4) is 0 Å².